The topological polar surface area (TPSA) is 136 Å². The van der Waals surface area contributed by atoms with E-state index < -0.39 is 16.1 Å². The van der Waals surface area contributed by atoms with Gasteiger partial charge in [0.2, 0.25) is 5.91 Å². The highest BCUT2D eigenvalue weighted by atomic mass is 32.2. The first-order chi connectivity index (χ1) is 15.6. The second-order valence-corrected chi connectivity index (χ2v) is 10.6. The second-order valence-electron chi connectivity index (χ2n) is 8.64. The molecule has 12 nitrogen and oxygen atoms in total. The minimum Gasteiger partial charge on any atom is -0.394 e. The van der Waals surface area contributed by atoms with Crippen molar-refractivity contribution in [3.8, 4) is 0 Å². The molecule has 0 saturated carbocycles. The zero-order valence-electron chi connectivity index (χ0n) is 19.5. The molecule has 3 atom stereocenters. The Hall–Kier alpha value is -2.35. The molecule has 1 aliphatic heterocycles. The molecule has 184 valence electrons. The summed E-state index contributed by atoms with van der Waals surface area (Å²) in [5.74, 6) is -0.295. The number of carbonyl (C=O) groups excluding carboxylic acids is 1. The number of aromatic nitrogens is 5. The summed E-state index contributed by atoms with van der Waals surface area (Å²) in [6.07, 6.45) is 5.02. The molecule has 3 heterocycles. The van der Waals surface area contributed by atoms with E-state index >= 15 is 0 Å². The molecule has 0 fully saturated rings. The predicted molar refractivity (Wildman–Crippen MR) is 118 cm³/mol. The summed E-state index contributed by atoms with van der Waals surface area (Å²) in [6, 6.07) is -0.363. The van der Waals surface area contributed by atoms with E-state index in [0.717, 1.165) is 0 Å². The number of aliphatic hydroxyl groups excluding tert-OH is 1. The Balaban J connectivity index is 1.85. The average molecular weight is 484 g/mol. The lowest BCUT2D eigenvalue weighted by molar-refractivity contribution is -0.136. The van der Waals surface area contributed by atoms with Crippen LogP contribution in [0.5, 0.6) is 0 Å². The third kappa shape index (κ3) is 6.16. The highest BCUT2D eigenvalue weighted by Gasteiger charge is 2.31. The van der Waals surface area contributed by atoms with Crippen LogP contribution in [0.2, 0.25) is 0 Å². The number of nitrogens with zero attached hydrogens (tertiary/aromatic N) is 7. The van der Waals surface area contributed by atoms with E-state index in [4.69, 9.17) is 4.74 Å². The maximum atomic E-state index is 13.0. The van der Waals surface area contributed by atoms with E-state index in [1.54, 1.807) is 34.3 Å². The maximum Gasteiger partial charge on any atom is 0.261 e. The van der Waals surface area contributed by atoms with Gasteiger partial charge in [-0.05, 0) is 13.3 Å². The maximum absolute atomic E-state index is 13.0. The van der Waals surface area contributed by atoms with Crippen LogP contribution in [-0.2, 0) is 39.8 Å². The van der Waals surface area contributed by atoms with Crippen molar-refractivity contribution in [1.82, 2.24) is 33.8 Å². The van der Waals surface area contributed by atoms with Crippen molar-refractivity contribution in [3.63, 3.8) is 0 Å². The highest BCUT2D eigenvalue weighted by molar-refractivity contribution is 7.89. The number of aliphatic hydroxyl groups is 1. The van der Waals surface area contributed by atoms with Crippen molar-refractivity contribution >= 4 is 15.9 Å². The summed E-state index contributed by atoms with van der Waals surface area (Å²) < 4.78 is 36.6. The number of imidazole rings is 1. The summed E-state index contributed by atoms with van der Waals surface area (Å²) in [4.78, 5) is 18.5. The molecule has 3 rings (SSSR count). The molecule has 1 N–H and O–H groups in total. The van der Waals surface area contributed by atoms with Gasteiger partial charge in [-0.25, -0.2) is 13.4 Å². The van der Waals surface area contributed by atoms with Crippen LogP contribution < -0.4 is 0 Å². The van der Waals surface area contributed by atoms with Gasteiger partial charge in [-0.2, -0.15) is 4.31 Å². The van der Waals surface area contributed by atoms with E-state index in [1.165, 1.54) is 23.9 Å². The van der Waals surface area contributed by atoms with Gasteiger partial charge < -0.3 is 19.3 Å². The van der Waals surface area contributed by atoms with Crippen LogP contribution in [0, 0.1) is 5.92 Å². The number of fused-ring (bicyclic) bond motifs is 2. The molecule has 1 aliphatic rings. The van der Waals surface area contributed by atoms with E-state index in [1.807, 2.05) is 6.92 Å². The Kier molecular flexibility index (Phi) is 8.21. The van der Waals surface area contributed by atoms with Gasteiger partial charge >= 0.3 is 0 Å². The Morgan fingerprint density at radius 1 is 1.36 bits per heavy atom. The molecule has 0 aromatic carbocycles. The number of rotatable bonds is 6. The smallest absolute Gasteiger partial charge is 0.261 e. The highest BCUT2D eigenvalue weighted by Crippen LogP contribution is 2.20. The van der Waals surface area contributed by atoms with Gasteiger partial charge in [0.1, 0.15) is 5.69 Å². The number of sulfonamides is 1. The molecule has 0 unspecified atom stereocenters. The molecule has 0 radical (unpaired) electrons. The van der Waals surface area contributed by atoms with Crippen LogP contribution in [0.25, 0.3) is 0 Å². The number of carbonyl (C=O) groups is 1. The second kappa shape index (κ2) is 10.7. The first kappa shape index (κ1) is 25.3. The van der Waals surface area contributed by atoms with Crippen LogP contribution in [0.15, 0.2) is 23.7 Å². The number of likely N-dealkylation sites (N-methyl/N-ethyl adjacent to an activating group) is 1. The monoisotopic (exact) mass is 483 g/mol. The Labute approximate surface area is 194 Å². The first-order valence-corrected chi connectivity index (χ1v) is 12.4. The molecule has 33 heavy (non-hydrogen) atoms. The summed E-state index contributed by atoms with van der Waals surface area (Å²) in [5.41, 5.74) is 0.633. The lowest BCUT2D eigenvalue weighted by Crippen LogP contribution is -2.47. The summed E-state index contributed by atoms with van der Waals surface area (Å²) in [6.45, 7) is 4.63. The summed E-state index contributed by atoms with van der Waals surface area (Å²) in [5, 5.41) is 17.8. The molecule has 0 aliphatic carbocycles. The Morgan fingerprint density at radius 3 is 2.79 bits per heavy atom. The zero-order chi connectivity index (χ0) is 24.2. The predicted octanol–water partition coefficient (Wildman–Crippen LogP) is -0.143. The van der Waals surface area contributed by atoms with E-state index in [9.17, 15) is 18.3 Å². The van der Waals surface area contributed by atoms with E-state index in [2.05, 4.69) is 15.3 Å². The van der Waals surface area contributed by atoms with Crippen molar-refractivity contribution in [2.24, 2.45) is 13.0 Å². The molecule has 2 aromatic heterocycles. The Morgan fingerprint density at radius 2 is 2.12 bits per heavy atom. The van der Waals surface area contributed by atoms with Crippen LogP contribution in [0.1, 0.15) is 32.4 Å². The van der Waals surface area contributed by atoms with Gasteiger partial charge in [-0.3, -0.25) is 9.48 Å². The molecule has 0 spiro atoms. The van der Waals surface area contributed by atoms with Crippen molar-refractivity contribution in [2.75, 3.05) is 26.7 Å². The number of amides is 1. The SMILES string of the molecule is C[C@H](CO)N1C[C@H](C)[C@@H](CN(C)S(=O)(=O)c2cn(C)cn2)OCc2cn(nn2)CCCC1=O. The fourth-order valence-corrected chi connectivity index (χ4v) is 4.87. The van der Waals surface area contributed by atoms with Gasteiger partial charge in [0, 0.05) is 52.3 Å². The normalized spacial score (nSPS) is 22.0. The van der Waals surface area contributed by atoms with Crippen LogP contribution in [-0.4, -0.2) is 92.1 Å². The lowest BCUT2D eigenvalue weighted by Gasteiger charge is -2.34. The van der Waals surface area contributed by atoms with E-state index in [0.29, 0.717) is 31.6 Å². The molecule has 13 heteroatoms. The summed E-state index contributed by atoms with van der Waals surface area (Å²) in [7, 11) is -0.632. The van der Waals surface area contributed by atoms with Gasteiger partial charge in [-0.15, -0.1) is 5.10 Å². The number of ether oxygens (including phenoxy) is 1. The molecule has 0 saturated heterocycles. The fraction of sp³-hybridized carbons (Fsp3) is 0.700. The molecule has 2 aromatic rings. The minimum absolute atomic E-state index is 0.0431. The third-order valence-corrected chi connectivity index (χ3v) is 7.55. The average Bonchev–Trinajstić information content (AvgIpc) is 3.42. The van der Waals surface area contributed by atoms with E-state index in [-0.39, 0.29) is 42.7 Å². The summed E-state index contributed by atoms with van der Waals surface area (Å²) >= 11 is 0. The molecular formula is C20H33N7O5S. The third-order valence-electron chi connectivity index (χ3n) is 5.84. The van der Waals surface area contributed by atoms with Crippen LogP contribution >= 0.6 is 0 Å². The van der Waals surface area contributed by atoms with Crippen molar-refractivity contribution in [1.29, 1.82) is 0 Å². The fourth-order valence-electron chi connectivity index (χ4n) is 3.73. The zero-order valence-corrected chi connectivity index (χ0v) is 20.3. The number of hydrogen-bond donors (Lipinski definition) is 1. The molecular weight excluding hydrogens is 450 g/mol. The van der Waals surface area contributed by atoms with Crippen molar-refractivity contribution < 1.29 is 23.1 Å². The Bertz CT molecular complexity index is 1040. The van der Waals surface area contributed by atoms with Crippen molar-refractivity contribution in [3.05, 3.63) is 24.4 Å². The lowest BCUT2D eigenvalue weighted by atomic mass is 10.0. The van der Waals surface area contributed by atoms with Gasteiger partial charge in [0.05, 0.1) is 37.9 Å². The van der Waals surface area contributed by atoms with Crippen molar-refractivity contribution in [2.45, 2.75) is 57.0 Å². The van der Waals surface area contributed by atoms with Gasteiger partial charge in [-0.1, -0.05) is 12.1 Å². The quantitative estimate of drug-likeness (QED) is 0.600. The van der Waals surface area contributed by atoms with Gasteiger partial charge in [0.25, 0.3) is 10.0 Å². The van der Waals surface area contributed by atoms with Crippen LogP contribution in [0.4, 0.5) is 0 Å². The standard InChI is InChI=1S/C20H33N7O5S/c1-15-8-27(16(2)12-28)20(29)6-5-7-26-9-17(22-23-26)13-32-18(15)10-25(4)33(30,31)19-11-24(3)14-21-19/h9,11,14-16,18,28H,5-8,10,12-13H2,1-4H3/t15-,16+,18+/m0/s1. The molecule has 1 amide bonds. The minimum atomic E-state index is -3.82. The largest absolute Gasteiger partial charge is 0.394 e. The molecule has 2 bridgehead atoms. The van der Waals surface area contributed by atoms with Crippen LogP contribution in [0.3, 0.4) is 0 Å². The number of hydrogen-bond acceptors (Lipinski definition) is 8. The number of aryl methyl sites for hydroxylation is 2. The van der Waals surface area contributed by atoms with Gasteiger partial charge in [0.15, 0.2) is 5.03 Å². The first-order valence-electron chi connectivity index (χ1n) is 11.0.